The predicted molar refractivity (Wildman–Crippen MR) is 121 cm³/mol. The van der Waals surface area contributed by atoms with Gasteiger partial charge >= 0.3 is 0 Å². The van der Waals surface area contributed by atoms with Gasteiger partial charge in [0.05, 0.1) is 33.8 Å². The summed E-state index contributed by atoms with van der Waals surface area (Å²) >= 11 is 0. The maximum Gasteiger partial charge on any atom is 0.219 e. The summed E-state index contributed by atoms with van der Waals surface area (Å²) in [7, 11) is 6.53. The van der Waals surface area contributed by atoms with Crippen molar-refractivity contribution in [2.24, 2.45) is 0 Å². The molecule has 0 heterocycles. The zero-order chi connectivity index (χ0) is 21.1. The van der Waals surface area contributed by atoms with Crippen molar-refractivity contribution in [2.45, 2.75) is 103 Å². The van der Waals surface area contributed by atoms with Crippen LogP contribution in [0.15, 0.2) is 12.2 Å². The van der Waals surface area contributed by atoms with Crippen LogP contribution in [-0.2, 0) is 4.79 Å². The molecule has 0 saturated carbocycles. The van der Waals surface area contributed by atoms with Crippen molar-refractivity contribution in [2.75, 3.05) is 34.2 Å². The molecular weight excluding hydrogens is 384 g/mol. The third-order valence-electron chi connectivity index (χ3n) is 5.07. The Morgan fingerprint density at radius 1 is 0.931 bits per heavy atom. The standard InChI is InChI=1S/C24H48N2O2.ClH/c1-5-6-7-14-18-23(27)19-15-12-10-8-9-11-13-16-20-24(28)25-21-17-22-26(2,3)4;/h12,15,23,27H,5-11,13-14,16-22H2,1-4H3;1H/b15-12-;. The smallest absolute Gasteiger partial charge is 0.219 e. The van der Waals surface area contributed by atoms with Gasteiger partial charge in [0.2, 0.25) is 5.91 Å². The molecule has 0 fully saturated rings. The summed E-state index contributed by atoms with van der Waals surface area (Å²) in [5, 5.41) is 12.9. The van der Waals surface area contributed by atoms with Gasteiger partial charge in [-0.15, -0.1) is 0 Å². The van der Waals surface area contributed by atoms with Crippen LogP contribution in [0.5, 0.6) is 0 Å². The van der Waals surface area contributed by atoms with Gasteiger partial charge in [0.1, 0.15) is 0 Å². The second-order valence-corrected chi connectivity index (χ2v) is 9.23. The number of carbonyl (C=O) groups is 1. The predicted octanol–water partition coefficient (Wildman–Crippen LogP) is 2.21. The van der Waals surface area contributed by atoms with Gasteiger partial charge in [0.15, 0.2) is 0 Å². The Balaban J connectivity index is 0. The second kappa shape index (κ2) is 20.7. The van der Waals surface area contributed by atoms with Crippen molar-refractivity contribution in [3.8, 4) is 0 Å². The summed E-state index contributed by atoms with van der Waals surface area (Å²) < 4.78 is 0.949. The third-order valence-corrected chi connectivity index (χ3v) is 5.07. The van der Waals surface area contributed by atoms with Crippen LogP contribution in [0.2, 0.25) is 0 Å². The van der Waals surface area contributed by atoms with E-state index in [1.165, 1.54) is 38.5 Å². The van der Waals surface area contributed by atoms with E-state index in [1.807, 2.05) is 0 Å². The number of aliphatic hydroxyl groups excluding tert-OH is 1. The Morgan fingerprint density at radius 2 is 1.59 bits per heavy atom. The number of carbonyl (C=O) groups excluding carboxylic acids is 1. The highest BCUT2D eigenvalue weighted by Gasteiger charge is 2.06. The van der Waals surface area contributed by atoms with E-state index >= 15 is 0 Å². The van der Waals surface area contributed by atoms with Crippen LogP contribution in [0.25, 0.3) is 0 Å². The first-order chi connectivity index (χ1) is 13.3. The summed E-state index contributed by atoms with van der Waals surface area (Å²) in [5.41, 5.74) is 0. The van der Waals surface area contributed by atoms with Crippen molar-refractivity contribution >= 4 is 5.91 Å². The van der Waals surface area contributed by atoms with Crippen LogP contribution < -0.4 is 17.7 Å². The van der Waals surface area contributed by atoms with Gasteiger partial charge in [-0.05, 0) is 32.1 Å². The summed E-state index contributed by atoms with van der Waals surface area (Å²) in [6.07, 6.45) is 19.5. The van der Waals surface area contributed by atoms with Crippen LogP contribution in [0, 0.1) is 0 Å². The summed E-state index contributed by atoms with van der Waals surface area (Å²) in [4.78, 5) is 11.8. The largest absolute Gasteiger partial charge is 1.00 e. The van der Waals surface area contributed by atoms with Gasteiger partial charge in [-0.2, -0.15) is 0 Å². The van der Waals surface area contributed by atoms with Gasteiger partial charge in [-0.1, -0.05) is 64.0 Å². The van der Waals surface area contributed by atoms with Gasteiger partial charge in [-0.3, -0.25) is 4.79 Å². The molecule has 1 amide bonds. The molecule has 1 atom stereocenters. The molecule has 0 bridgehead atoms. The Bertz CT molecular complexity index is 395. The average Bonchev–Trinajstić information content (AvgIpc) is 2.63. The van der Waals surface area contributed by atoms with Gasteiger partial charge < -0.3 is 27.3 Å². The number of nitrogens with one attached hydrogen (secondary N) is 1. The fraction of sp³-hybridized carbons (Fsp3) is 0.875. The van der Waals surface area contributed by atoms with E-state index in [-0.39, 0.29) is 24.4 Å². The molecule has 0 aromatic heterocycles. The van der Waals surface area contributed by atoms with E-state index in [2.05, 4.69) is 45.5 Å². The molecule has 174 valence electrons. The lowest BCUT2D eigenvalue weighted by Gasteiger charge is -2.23. The molecule has 2 N–H and O–H groups in total. The van der Waals surface area contributed by atoms with Crippen molar-refractivity contribution in [3.05, 3.63) is 12.2 Å². The van der Waals surface area contributed by atoms with E-state index < -0.39 is 0 Å². The highest BCUT2D eigenvalue weighted by Crippen LogP contribution is 2.10. The van der Waals surface area contributed by atoms with Crippen LogP contribution in [0.1, 0.15) is 96.8 Å². The molecule has 0 aromatic carbocycles. The number of allylic oxidation sites excluding steroid dienone is 1. The summed E-state index contributed by atoms with van der Waals surface area (Å²) in [6, 6.07) is 0. The first-order valence-corrected chi connectivity index (χ1v) is 11.8. The number of amides is 1. The topological polar surface area (TPSA) is 49.3 Å². The highest BCUT2D eigenvalue weighted by atomic mass is 35.5. The number of hydrogen-bond acceptors (Lipinski definition) is 2. The zero-order valence-electron chi connectivity index (χ0n) is 19.7. The normalized spacial score (nSPS) is 12.7. The number of nitrogens with zero attached hydrogens (tertiary/aromatic N) is 1. The van der Waals surface area contributed by atoms with Crippen molar-refractivity contribution < 1.29 is 26.8 Å². The lowest BCUT2D eigenvalue weighted by Crippen LogP contribution is -3.00. The van der Waals surface area contributed by atoms with Gasteiger partial charge in [0.25, 0.3) is 0 Å². The first kappa shape index (κ1) is 30.6. The third kappa shape index (κ3) is 25.4. The van der Waals surface area contributed by atoms with Crippen molar-refractivity contribution in [3.63, 3.8) is 0 Å². The Hall–Kier alpha value is -0.580. The summed E-state index contributed by atoms with van der Waals surface area (Å²) in [5.74, 6) is 0.206. The number of hydrogen-bond donors (Lipinski definition) is 2. The van der Waals surface area contributed by atoms with Crippen LogP contribution >= 0.6 is 0 Å². The summed E-state index contributed by atoms with van der Waals surface area (Å²) in [6.45, 7) is 4.10. The monoisotopic (exact) mass is 432 g/mol. The first-order valence-electron chi connectivity index (χ1n) is 11.8. The maximum atomic E-state index is 11.8. The molecule has 5 heteroatoms. The molecule has 0 spiro atoms. The van der Waals surface area contributed by atoms with E-state index in [1.54, 1.807) is 0 Å². The molecule has 0 saturated heterocycles. The molecule has 0 rings (SSSR count). The number of halogens is 1. The molecule has 0 radical (unpaired) electrons. The zero-order valence-corrected chi connectivity index (χ0v) is 20.5. The molecule has 0 aliphatic heterocycles. The lowest BCUT2D eigenvalue weighted by atomic mass is 10.1. The van der Waals surface area contributed by atoms with Crippen LogP contribution in [0.4, 0.5) is 0 Å². The number of rotatable bonds is 19. The quantitative estimate of drug-likeness (QED) is 0.187. The van der Waals surface area contributed by atoms with Gasteiger partial charge in [-0.25, -0.2) is 0 Å². The molecule has 29 heavy (non-hydrogen) atoms. The van der Waals surface area contributed by atoms with E-state index in [9.17, 15) is 9.90 Å². The average molecular weight is 433 g/mol. The molecule has 1 unspecified atom stereocenters. The molecular formula is C24H49ClN2O2. The Morgan fingerprint density at radius 3 is 2.28 bits per heavy atom. The number of aliphatic hydroxyl groups is 1. The van der Waals surface area contributed by atoms with Crippen LogP contribution in [-0.4, -0.2) is 55.8 Å². The van der Waals surface area contributed by atoms with E-state index in [4.69, 9.17) is 0 Å². The minimum Gasteiger partial charge on any atom is -1.00 e. The minimum atomic E-state index is -0.160. The van der Waals surface area contributed by atoms with Crippen molar-refractivity contribution in [1.82, 2.24) is 5.32 Å². The number of unbranched alkanes of at least 4 members (excludes halogenated alkanes) is 8. The van der Waals surface area contributed by atoms with E-state index in [0.717, 1.165) is 62.5 Å². The second-order valence-electron chi connectivity index (χ2n) is 9.23. The molecule has 0 aliphatic rings. The Labute approximate surface area is 187 Å². The fourth-order valence-corrected chi connectivity index (χ4v) is 3.24. The van der Waals surface area contributed by atoms with Crippen LogP contribution in [0.3, 0.4) is 0 Å². The minimum absolute atomic E-state index is 0. The molecule has 0 aliphatic carbocycles. The fourth-order valence-electron chi connectivity index (χ4n) is 3.24. The van der Waals surface area contributed by atoms with Gasteiger partial charge in [0, 0.05) is 19.4 Å². The lowest BCUT2D eigenvalue weighted by molar-refractivity contribution is -0.870. The molecule has 4 nitrogen and oxygen atoms in total. The SMILES string of the molecule is CCCCCCC(O)C/C=C\CCCCCCCC(=O)NCCC[N+](C)(C)C.[Cl-]. The molecule has 0 aromatic rings. The van der Waals surface area contributed by atoms with Crippen molar-refractivity contribution in [1.29, 1.82) is 0 Å². The van der Waals surface area contributed by atoms with E-state index in [0.29, 0.717) is 6.42 Å². The Kier molecular flexibility index (Phi) is 21.8. The number of quaternary nitrogens is 1. The maximum absolute atomic E-state index is 11.8. The highest BCUT2D eigenvalue weighted by molar-refractivity contribution is 5.75.